The van der Waals surface area contributed by atoms with Gasteiger partial charge in [-0.3, -0.25) is 4.99 Å². The Hall–Kier alpha value is -1.74. The second kappa shape index (κ2) is 4.67. The first kappa shape index (κ1) is 12.0. The fourth-order valence-corrected chi connectivity index (χ4v) is 3.81. The van der Waals surface area contributed by atoms with Gasteiger partial charge in [-0.25, -0.2) is 0 Å². The number of benzene rings is 2. The van der Waals surface area contributed by atoms with Gasteiger partial charge in [0.1, 0.15) is 0 Å². The first-order valence-electron chi connectivity index (χ1n) is 6.98. The van der Waals surface area contributed by atoms with E-state index in [9.17, 15) is 0 Å². The molecule has 20 heavy (non-hydrogen) atoms. The Morgan fingerprint density at radius 1 is 1.10 bits per heavy atom. The van der Waals surface area contributed by atoms with Crippen LogP contribution in [0.25, 0.3) is 11.1 Å². The highest BCUT2D eigenvalue weighted by atomic mass is 32.2. The Balaban J connectivity index is 1.64. The minimum atomic E-state index is 0.432. The highest BCUT2D eigenvalue weighted by molar-refractivity contribution is 8.14. The highest BCUT2D eigenvalue weighted by Crippen LogP contribution is 2.37. The molecule has 4 rings (SSSR count). The molecule has 100 valence electrons. The molecule has 0 spiro atoms. The van der Waals surface area contributed by atoms with E-state index < -0.39 is 0 Å². The Labute approximate surface area is 123 Å². The van der Waals surface area contributed by atoms with Gasteiger partial charge in [-0.15, -0.1) is 0 Å². The van der Waals surface area contributed by atoms with Crippen molar-refractivity contribution in [3.8, 4) is 11.1 Å². The third-order valence-corrected chi connectivity index (χ3v) is 4.97. The van der Waals surface area contributed by atoms with Crippen LogP contribution in [0.3, 0.4) is 0 Å². The quantitative estimate of drug-likeness (QED) is 0.724. The van der Waals surface area contributed by atoms with Gasteiger partial charge in [-0.2, -0.15) is 0 Å². The van der Waals surface area contributed by atoms with Crippen molar-refractivity contribution in [2.24, 2.45) is 4.99 Å². The molecule has 1 aliphatic heterocycles. The molecular weight excluding hydrogens is 264 g/mol. The average molecular weight is 280 g/mol. The minimum Gasteiger partial charge on any atom is -0.335 e. The number of fused-ring (bicyclic) bond motifs is 3. The van der Waals surface area contributed by atoms with Crippen molar-refractivity contribution < 1.29 is 0 Å². The molecule has 0 saturated carbocycles. The summed E-state index contributed by atoms with van der Waals surface area (Å²) in [5, 5.41) is 4.49. The van der Waals surface area contributed by atoms with E-state index in [-0.39, 0.29) is 0 Å². The Morgan fingerprint density at radius 3 is 2.80 bits per heavy atom. The molecule has 0 aromatic heterocycles. The Kier molecular flexibility index (Phi) is 2.81. The number of nitrogens with zero attached hydrogens (tertiary/aromatic N) is 1. The molecule has 2 aliphatic rings. The van der Waals surface area contributed by atoms with Gasteiger partial charge in [0.05, 0.1) is 6.04 Å². The lowest BCUT2D eigenvalue weighted by Crippen LogP contribution is -2.05. The SMILES string of the molecule is CC1CSC(Nc2ccc3c(c2)Cc2ccccc2-3)=N1. The number of nitrogens with one attached hydrogen (secondary N) is 1. The van der Waals surface area contributed by atoms with Crippen LogP contribution in [0.2, 0.25) is 0 Å². The fraction of sp³-hybridized carbons (Fsp3) is 0.235. The number of aliphatic imine (C=N–C) groups is 1. The average Bonchev–Trinajstić information content (AvgIpc) is 3.01. The maximum absolute atomic E-state index is 4.59. The molecule has 1 N–H and O–H groups in total. The zero-order valence-electron chi connectivity index (χ0n) is 11.4. The molecule has 0 fully saturated rings. The summed E-state index contributed by atoms with van der Waals surface area (Å²) in [4.78, 5) is 4.59. The predicted molar refractivity (Wildman–Crippen MR) is 87.7 cm³/mol. The number of rotatable bonds is 1. The maximum Gasteiger partial charge on any atom is 0.161 e. The minimum absolute atomic E-state index is 0.432. The van der Waals surface area contributed by atoms with Crippen LogP contribution in [-0.2, 0) is 6.42 Å². The molecule has 0 amide bonds. The molecule has 2 nitrogen and oxygen atoms in total. The number of hydrogen-bond donors (Lipinski definition) is 1. The molecule has 0 radical (unpaired) electrons. The standard InChI is InChI=1S/C17H16N2S/c1-11-10-20-17(18-11)19-14-6-7-16-13(9-14)8-12-4-2-3-5-15(12)16/h2-7,9,11H,8,10H2,1H3,(H,18,19). The first-order chi connectivity index (χ1) is 9.79. The summed E-state index contributed by atoms with van der Waals surface area (Å²) in [5.41, 5.74) is 6.75. The van der Waals surface area contributed by atoms with E-state index >= 15 is 0 Å². The van der Waals surface area contributed by atoms with E-state index in [1.165, 1.54) is 22.3 Å². The Morgan fingerprint density at radius 2 is 1.95 bits per heavy atom. The van der Waals surface area contributed by atoms with Gasteiger partial charge >= 0.3 is 0 Å². The number of amidine groups is 1. The summed E-state index contributed by atoms with van der Waals surface area (Å²) < 4.78 is 0. The second-order valence-electron chi connectivity index (χ2n) is 5.43. The van der Waals surface area contributed by atoms with Crippen molar-refractivity contribution in [3.63, 3.8) is 0 Å². The fourth-order valence-electron chi connectivity index (χ4n) is 2.89. The normalized spacial score (nSPS) is 19.4. The predicted octanol–water partition coefficient (Wildman–Crippen LogP) is 4.16. The van der Waals surface area contributed by atoms with E-state index in [2.05, 4.69) is 59.7 Å². The van der Waals surface area contributed by atoms with Crippen LogP contribution in [0.5, 0.6) is 0 Å². The van der Waals surface area contributed by atoms with Crippen LogP contribution in [-0.4, -0.2) is 17.0 Å². The summed E-state index contributed by atoms with van der Waals surface area (Å²) in [6.45, 7) is 2.15. The largest absolute Gasteiger partial charge is 0.335 e. The smallest absolute Gasteiger partial charge is 0.161 e. The second-order valence-corrected chi connectivity index (χ2v) is 6.43. The lowest BCUT2D eigenvalue weighted by molar-refractivity contribution is 0.865. The first-order valence-corrected chi connectivity index (χ1v) is 7.97. The van der Waals surface area contributed by atoms with Gasteiger partial charge in [0, 0.05) is 11.4 Å². The van der Waals surface area contributed by atoms with E-state index in [4.69, 9.17) is 0 Å². The number of thioether (sulfide) groups is 1. The van der Waals surface area contributed by atoms with Crippen LogP contribution >= 0.6 is 11.8 Å². The van der Waals surface area contributed by atoms with Crippen LogP contribution in [0.4, 0.5) is 5.69 Å². The monoisotopic (exact) mass is 280 g/mol. The van der Waals surface area contributed by atoms with Crippen LogP contribution in [0.15, 0.2) is 47.5 Å². The van der Waals surface area contributed by atoms with Gasteiger partial charge in [0.2, 0.25) is 0 Å². The molecule has 3 heteroatoms. The molecule has 1 atom stereocenters. The maximum atomic E-state index is 4.59. The molecule has 0 saturated heterocycles. The topological polar surface area (TPSA) is 24.4 Å². The highest BCUT2D eigenvalue weighted by Gasteiger charge is 2.19. The molecule has 2 aromatic carbocycles. The Bertz CT molecular complexity index is 706. The number of anilines is 1. The molecule has 1 unspecified atom stereocenters. The van der Waals surface area contributed by atoms with Crippen LogP contribution in [0.1, 0.15) is 18.1 Å². The van der Waals surface area contributed by atoms with E-state index in [1.807, 2.05) is 0 Å². The summed E-state index contributed by atoms with van der Waals surface area (Å²) >= 11 is 1.80. The molecular formula is C17H16N2S. The zero-order chi connectivity index (χ0) is 13.5. The lowest BCUT2D eigenvalue weighted by atomic mass is 10.1. The van der Waals surface area contributed by atoms with Crippen molar-refractivity contribution in [2.45, 2.75) is 19.4 Å². The number of hydrogen-bond acceptors (Lipinski definition) is 3. The van der Waals surface area contributed by atoms with E-state index in [0.717, 1.165) is 23.0 Å². The molecule has 1 aliphatic carbocycles. The third kappa shape index (κ3) is 2.02. The molecule has 0 bridgehead atoms. The summed E-state index contributed by atoms with van der Waals surface area (Å²) in [5.74, 6) is 1.08. The summed E-state index contributed by atoms with van der Waals surface area (Å²) in [7, 11) is 0. The van der Waals surface area contributed by atoms with Gasteiger partial charge in [-0.05, 0) is 47.7 Å². The molecule has 1 heterocycles. The van der Waals surface area contributed by atoms with Crippen molar-refractivity contribution in [2.75, 3.05) is 11.1 Å². The lowest BCUT2D eigenvalue weighted by Gasteiger charge is -2.07. The van der Waals surface area contributed by atoms with Crippen molar-refractivity contribution in [1.82, 2.24) is 0 Å². The van der Waals surface area contributed by atoms with Crippen molar-refractivity contribution in [3.05, 3.63) is 53.6 Å². The van der Waals surface area contributed by atoms with E-state index in [0.29, 0.717) is 6.04 Å². The van der Waals surface area contributed by atoms with Gasteiger partial charge < -0.3 is 5.32 Å². The summed E-state index contributed by atoms with van der Waals surface area (Å²) in [6, 6.07) is 15.8. The van der Waals surface area contributed by atoms with Crippen LogP contribution in [0, 0.1) is 0 Å². The van der Waals surface area contributed by atoms with Gasteiger partial charge in [-0.1, -0.05) is 42.1 Å². The third-order valence-electron chi connectivity index (χ3n) is 3.84. The van der Waals surface area contributed by atoms with Crippen molar-refractivity contribution in [1.29, 1.82) is 0 Å². The van der Waals surface area contributed by atoms with Crippen molar-refractivity contribution >= 4 is 22.6 Å². The van der Waals surface area contributed by atoms with Crippen LogP contribution < -0.4 is 5.32 Å². The van der Waals surface area contributed by atoms with Gasteiger partial charge in [0.25, 0.3) is 0 Å². The zero-order valence-corrected chi connectivity index (χ0v) is 12.2. The van der Waals surface area contributed by atoms with Gasteiger partial charge in [0.15, 0.2) is 5.17 Å². The van der Waals surface area contributed by atoms with E-state index in [1.54, 1.807) is 11.8 Å². The molecule has 2 aromatic rings. The summed E-state index contributed by atoms with van der Waals surface area (Å²) in [6.07, 6.45) is 1.04.